The number of benzene rings is 6. The van der Waals surface area contributed by atoms with Crippen molar-refractivity contribution in [3.63, 3.8) is 0 Å². The number of aromatic amines is 1. The molecule has 0 aliphatic carbocycles. The van der Waals surface area contributed by atoms with Crippen molar-refractivity contribution in [1.29, 1.82) is 0 Å². The molecule has 0 bridgehead atoms. The van der Waals surface area contributed by atoms with E-state index in [4.69, 9.17) is 5.73 Å². The van der Waals surface area contributed by atoms with Gasteiger partial charge in [0.2, 0.25) is 0 Å². The number of nitrogens with one attached hydrogen (secondary N) is 1. The summed E-state index contributed by atoms with van der Waals surface area (Å²) < 4.78 is 1.07. The molecule has 7 rings (SSSR count). The Morgan fingerprint density at radius 3 is 1.63 bits per heavy atom. The second-order valence-electron chi connectivity index (χ2n) is 13.6. The lowest BCUT2D eigenvalue weighted by Gasteiger charge is -2.21. The van der Waals surface area contributed by atoms with Crippen LogP contribution >= 0.6 is 15.9 Å². The molecule has 0 aliphatic heterocycles. The van der Waals surface area contributed by atoms with Gasteiger partial charge in [-0.25, -0.2) is 0 Å². The third kappa shape index (κ3) is 5.79. The van der Waals surface area contributed by atoms with Crippen molar-refractivity contribution in [3.05, 3.63) is 125 Å². The minimum Gasteiger partial charge on any atom is -0.398 e. The normalized spacial score (nSPS) is 12.2. The van der Waals surface area contributed by atoms with Crippen LogP contribution in [0.2, 0.25) is 0 Å². The van der Waals surface area contributed by atoms with E-state index < -0.39 is 0 Å². The summed E-state index contributed by atoms with van der Waals surface area (Å²) in [6.07, 6.45) is 0. The molecule has 0 spiro atoms. The minimum absolute atomic E-state index is 0.104. The Labute approximate surface area is 263 Å². The molecule has 3 N–H and O–H groups in total. The Hall–Kier alpha value is -4.08. The zero-order chi connectivity index (χ0) is 30.5. The van der Waals surface area contributed by atoms with Crippen LogP contribution < -0.4 is 5.73 Å². The number of H-pyrrole nitrogens is 1. The lowest BCUT2D eigenvalue weighted by molar-refractivity contribution is 0.590. The van der Waals surface area contributed by atoms with Crippen molar-refractivity contribution in [2.75, 3.05) is 5.73 Å². The summed E-state index contributed by atoms with van der Waals surface area (Å²) in [5.74, 6) is 0. The van der Waals surface area contributed by atoms with Gasteiger partial charge in [0, 0.05) is 37.5 Å². The Morgan fingerprint density at radius 2 is 1.02 bits per heavy atom. The van der Waals surface area contributed by atoms with Crippen molar-refractivity contribution in [2.45, 2.75) is 52.4 Å². The minimum atomic E-state index is 0.104. The molecule has 0 unspecified atom stereocenters. The molecule has 0 saturated heterocycles. The van der Waals surface area contributed by atoms with Crippen LogP contribution in [0.15, 0.2) is 114 Å². The Morgan fingerprint density at radius 1 is 0.512 bits per heavy atom. The van der Waals surface area contributed by atoms with Crippen molar-refractivity contribution in [3.8, 4) is 11.1 Å². The van der Waals surface area contributed by atoms with E-state index in [-0.39, 0.29) is 10.8 Å². The van der Waals surface area contributed by atoms with Gasteiger partial charge in [-0.3, -0.25) is 0 Å². The molecule has 7 aromatic rings. The number of rotatable bonds is 1. The predicted molar refractivity (Wildman–Crippen MR) is 192 cm³/mol. The number of hydrogen-bond acceptors (Lipinski definition) is 1. The van der Waals surface area contributed by atoms with Crippen LogP contribution in [0.25, 0.3) is 54.5 Å². The molecular formula is C40H39BrN2. The van der Waals surface area contributed by atoms with E-state index in [1.165, 1.54) is 54.5 Å². The summed E-state index contributed by atoms with van der Waals surface area (Å²) in [6.45, 7) is 13.4. The fourth-order valence-corrected chi connectivity index (χ4v) is 6.32. The van der Waals surface area contributed by atoms with Gasteiger partial charge in [0.05, 0.1) is 0 Å². The average Bonchev–Trinajstić information content (AvgIpc) is 3.32. The van der Waals surface area contributed by atoms with Crippen molar-refractivity contribution >= 4 is 65.0 Å². The molecule has 2 nitrogen and oxygen atoms in total. The first-order valence-corrected chi connectivity index (χ1v) is 15.7. The number of halogens is 1. The smallest absolute Gasteiger partial charge is 0.0471 e. The van der Waals surface area contributed by atoms with Crippen LogP contribution in [0.3, 0.4) is 0 Å². The number of anilines is 1. The van der Waals surface area contributed by atoms with Crippen molar-refractivity contribution < 1.29 is 0 Å². The molecule has 1 aromatic heterocycles. The first-order chi connectivity index (χ1) is 20.4. The topological polar surface area (TPSA) is 41.8 Å². The van der Waals surface area contributed by atoms with Gasteiger partial charge < -0.3 is 10.7 Å². The third-order valence-electron chi connectivity index (χ3n) is 8.37. The lowest BCUT2D eigenvalue weighted by atomic mass is 9.85. The summed E-state index contributed by atoms with van der Waals surface area (Å²) in [5.41, 5.74) is 14.7. The summed E-state index contributed by atoms with van der Waals surface area (Å²) in [6, 6.07) is 39.0. The maximum atomic E-state index is 6.34. The maximum absolute atomic E-state index is 6.34. The quantitative estimate of drug-likeness (QED) is 0.175. The first kappa shape index (κ1) is 29.0. The molecule has 1 heterocycles. The van der Waals surface area contributed by atoms with Crippen LogP contribution in [0.4, 0.5) is 5.69 Å². The van der Waals surface area contributed by atoms with Gasteiger partial charge in [-0.1, -0.05) is 124 Å². The van der Waals surface area contributed by atoms with Crippen molar-refractivity contribution in [2.24, 2.45) is 0 Å². The van der Waals surface area contributed by atoms with E-state index >= 15 is 0 Å². The predicted octanol–water partition coefficient (Wildman–Crippen LogP) is 11.9. The van der Waals surface area contributed by atoms with Crippen LogP contribution in [-0.4, -0.2) is 4.98 Å². The fourth-order valence-electron chi connectivity index (χ4n) is 5.75. The number of nitrogen functional groups attached to an aromatic ring is 1. The average molecular weight is 628 g/mol. The Bertz CT molecular complexity index is 2120. The van der Waals surface area contributed by atoms with E-state index in [1.54, 1.807) is 0 Å². The second-order valence-corrected chi connectivity index (χ2v) is 14.5. The zero-order valence-corrected chi connectivity index (χ0v) is 27.4. The van der Waals surface area contributed by atoms with E-state index in [0.717, 1.165) is 21.3 Å². The van der Waals surface area contributed by atoms with Gasteiger partial charge in [-0.2, -0.15) is 0 Å². The van der Waals surface area contributed by atoms with Gasteiger partial charge in [0.1, 0.15) is 0 Å². The monoisotopic (exact) mass is 626 g/mol. The summed E-state index contributed by atoms with van der Waals surface area (Å²) >= 11 is 3.69. The number of aromatic nitrogens is 1. The van der Waals surface area contributed by atoms with Crippen LogP contribution in [0, 0.1) is 0 Å². The molecule has 43 heavy (non-hydrogen) atoms. The number of fused-ring (bicyclic) bond motifs is 5. The molecule has 0 aliphatic rings. The van der Waals surface area contributed by atoms with Crippen LogP contribution in [0.1, 0.15) is 52.7 Å². The van der Waals surface area contributed by atoms with E-state index in [9.17, 15) is 0 Å². The fraction of sp³-hybridized carbons (Fsp3) is 0.200. The number of nitrogens with two attached hydrogens (primary N) is 1. The molecule has 216 valence electrons. The van der Waals surface area contributed by atoms with Crippen LogP contribution in [0.5, 0.6) is 0 Å². The largest absolute Gasteiger partial charge is 0.398 e. The first-order valence-electron chi connectivity index (χ1n) is 14.9. The van der Waals surface area contributed by atoms with Gasteiger partial charge in [-0.15, -0.1) is 0 Å². The highest BCUT2D eigenvalue weighted by molar-refractivity contribution is 9.10. The van der Waals surface area contributed by atoms with Gasteiger partial charge >= 0.3 is 0 Å². The third-order valence-corrected chi connectivity index (χ3v) is 9.03. The molecular weight excluding hydrogens is 588 g/mol. The summed E-state index contributed by atoms with van der Waals surface area (Å²) in [4.78, 5) is 3.55. The van der Waals surface area contributed by atoms with E-state index in [1.807, 2.05) is 0 Å². The Kier molecular flexibility index (Phi) is 7.34. The molecule has 0 fully saturated rings. The highest BCUT2D eigenvalue weighted by atomic mass is 79.9. The van der Waals surface area contributed by atoms with E-state index in [2.05, 4.69) is 172 Å². The number of hydrogen-bond donors (Lipinski definition) is 2. The second kappa shape index (κ2) is 10.9. The molecule has 0 amide bonds. The van der Waals surface area contributed by atoms with Gasteiger partial charge in [0.15, 0.2) is 0 Å². The molecule has 0 saturated carbocycles. The molecule has 0 radical (unpaired) electrons. The van der Waals surface area contributed by atoms with Crippen molar-refractivity contribution in [1.82, 2.24) is 4.98 Å². The highest BCUT2D eigenvalue weighted by Crippen LogP contribution is 2.38. The SMILES string of the molecule is CC(C)(C)c1ccc(-c2cc3ccccc3cc2Br)c(N)c1.CC(C)(C)c1ccc2[nH]c3cc4ccccc4cc3c2c1. The maximum Gasteiger partial charge on any atom is 0.0471 e. The standard InChI is InChI=1S/C20H20BrN.C20H19N/c1-20(2,3)15-8-9-16(19(22)12-15)17-10-13-6-4-5-7-14(13)11-18(17)21;1-20(2,3)15-8-9-18-17(12-15)16-10-13-6-4-5-7-14(13)11-19(16)21-18/h4-12H,22H2,1-3H3;4-12,21H,1-3H3. The lowest BCUT2D eigenvalue weighted by Crippen LogP contribution is -2.11. The molecule has 0 atom stereocenters. The van der Waals surface area contributed by atoms with Gasteiger partial charge in [0.25, 0.3) is 0 Å². The summed E-state index contributed by atoms with van der Waals surface area (Å²) in [7, 11) is 0. The van der Waals surface area contributed by atoms with Gasteiger partial charge in [-0.05, 0) is 91.5 Å². The zero-order valence-electron chi connectivity index (χ0n) is 25.8. The highest BCUT2D eigenvalue weighted by Gasteiger charge is 2.17. The van der Waals surface area contributed by atoms with Crippen LogP contribution in [-0.2, 0) is 10.8 Å². The van der Waals surface area contributed by atoms with E-state index in [0.29, 0.717) is 0 Å². The molecule has 6 aromatic carbocycles. The Balaban J connectivity index is 0.000000153. The summed E-state index contributed by atoms with van der Waals surface area (Å²) in [5, 5.41) is 7.67. The molecule has 3 heteroatoms.